The second-order valence-electron chi connectivity index (χ2n) is 9.07. The number of aryl methyl sites for hydroxylation is 3. The lowest BCUT2D eigenvalue weighted by atomic mass is 10.0. The van der Waals surface area contributed by atoms with Gasteiger partial charge in [0.15, 0.2) is 5.82 Å². The maximum atomic E-state index is 13.8. The molecule has 10 nitrogen and oxygen atoms in total. The predicted octanol–water partition coefficient (Wildman–Crippen LogP) is 4.05. The summed E-state index contributed by atoms with van der Waals surface area (Å²) in [6.45, 7) is 4.16. The number of thiophene rings is 1. The van der Waals surface area contributed by atoms with Crippen LogP contribution >= 0.6 is 34.0 Å². The number of fused-ring (bicyclic) bond motifs is 2. The molecule has 0 bridgehead atoms. The zero-order chi connectivity index (χ0) is 26.4. The van der Waals surface area contributed by atoms with Gasteiger partial charge in [-0.25, -0.2) is 15.0 Å². The first-order chi connectivity index (χ1) is 18.4. The summed E-state index contributed by atoms with van der Waals surface area (Å²) in [5, 5.41) is 8.33. The van der Waals surface area contributed by atoms with Gasteiger partial charge in [-0.3, -0.25) is 19.1 Å². The molecule has 0 aromatic carbocycles. The molecular formula is C25H24N8O2S3. The van der Waals surface area contributed by atoms with Gasteiger partial charge in [-0.2, -0.15) is 0 Å². The second-order valence-corrected chi connectivity index (χ2v) is 12.4. The molecule has 1 atom stereocenters. The Morgan fingerprint density at radius 2 is 2.11 bits per heavy atom. The number of rotatable bonds is 6. The van der Waals surface area contributed by atoms with Gasteiger partial charge in [0.25, 0.3) is 5.56 Å². The Bertz CT molecular complexity index is 1720. The van der Waals surface area contributed by atoms with Crippen LogP contribution in [0.25, 0.3) is 20.8 Å². The first-order valence-electron chi connectivity index (χ1n) is 12.0. The third kappa shape index (κ3) is 4.68. The third-order valence-corrected chi connectivity index (χ3v) is 9.43. The molecule has 1 aliphatic heterocycles. The fourth-order valence-corrected chi connectivity index (χ4v) is 7.31. The van der Waals surface area contributed by atoms with Crippen molar-refractivity contribution in [3.63, 3.8) is 0 Å². The van der Waals surface area contributed by atoms with E-state index in [0.717, 1.165) is 41.8 Å². The molecule has 0 unspecified atom stereocenters. The van der Waals surface area contributed by atoms with E-state index in [2.05, 4.69) is 25.6 Å². The Morgan fingerprint density at radius 1 is 1.24 bits per heavy atom. The van der Waals surface area contributed by atoms with Gasteiger partial charge in [0.1, 0.15) is 18.1 Å². The largest absolute Gasteiger partial charge is 0.384 e. The van der Waals surface area contributed by atoms with Gasteiger partial charge in [-0.1, -0.05) is 0 Å². The zero-order valence-corrected chi connectivity index (χ0v) is 23.1. The van der Waals surface area contributed by atoms with Crippen molar-refractivity contribution in [1.82, 2.24) is 29.8 Å². The molecule has 5 aromatic heterocycles. The molecule has 1 aliphatic rings. The minimum Gasteiger partial charge on any atom is -0.384 e. The number of hydrogen-bond donors (Lipinski definition) is 3. The lowest BCUT2D eigenvalue weighted by Gasteiger charge is -2.27. The van der Waals surface area contributed by atoms with Crippen molar-refractivity contribution in [1.29, 1.82) is 0 Å². The third-order valence-electron chi connectivity index (χ3n) is 6.38. The van der Waals surface area contributed by atoms with Crippen molar-refractivity contribution in [2.75, 3.05) is 11.1 Å². The van der Waals surface area contributed by atoms with Gasteiger partial charge in [-0.05, 0) is 38.8 Å². The lowest BCUT2D eigenvalue weighted by molar-refractivity contribution is -0.121. The molecule has 0 saturated heterocycles. The van der Waals surface area contributed by atoms with Crippen molar-refractivity contribution in [3.8, 4) is 10.7 Å². The molecule has 13 heteroatoms. The maximum absolute atomic E-state index is 13.8. The standard InChI is InChI=1S/C25H24N8O2S3/c1-12-23(37-13(2)30-12)17-4-3-16-22(31-17)25(35)33(24(32-16)19-9-27-11-36-19)10-21(34)29-8-15-5-14-7-28-20(26)6-18(14)38-15/h5-7,9,11,17,31H,3-4,8,10H2,1-2H3,(H2,26,28)(H,29,34)/t17-/m0/s1. The van der Waals surface area contributed by atoms with E-state index in [4.69, 9.17) is 10.7 Å². The Labute approximate surface area is 229 Å². The van der Waals surface area contributed by atoms with Gasteiger partial charge in [0.05, 0.1) is 39.4 Å². The van der Waals surface area contributed by atoms with Crippen LogP contribution in [0.2, 0.25) is 0 Å². The number of amides is 1. The quantitative estimate of drug-likeness (QED) is 0.281. The molecule has 0 radical (unpaired) electrons. The van der Waals surface area contributed by atoms with Crippen molar-refractivity contribution in [2.24, 2.45) is 0 Å². The number of thiazole rings is 2. The van der Waals surface area contributed by atoms with Crippen molar-refractivity contribution in [3.05, 3.63) is 66.5 Å². The molecule has 5 aromatic rings. The van der Waals surface area contributed by atoms with Gasteiger partial charge in [-0.15, -0.1) is 34.0 Å². The molecular weight excluding hydrogens is 541 g/mol. The van der Waals surface area contributed by atoms with Crippen LogP contribution in [0.3, 0.4) is 0 Å². The van der Waals surface area contributed by atoms with Crippen LogP contribution in [0.5, 0.6) is 0 Å². The van der Waals surface area contributed by atoms with Crippen molar-refractivity contribution in [2.45, 2.75) is 45.8 Å². The monoisotopic (exact) mass is 564 g/mol. The van der Waals surface area contributed by atoms with Crippen LogP contribution in [0.1, 0.15) is 38.6 Å². The van der Waals surface area contributed by atoms with E-state index in [-0.39, 0.29) is 24.1 Å². The lowest BCUT2D eigenvalue weighted by Crippen LogP contribution is -2.36. The number of anilines is 2. The zero-order valence-electron chi connectivity index (χ0n) is 20.6. The number of nitrogens with two attached hydrogens (primary N) is 1. The number of hydrogen-bond acceptors (Lipinski definition) is 11. The average molecular weight is 565 g/mol. The minimum atomic E-state index is -0.281. The van der Waals surface area contributed by atoms with Crippen LogP contribution in [-0.4, -0.2) is 30.4 Å². The molecule has 4 N–H and O–H groups in total. The number of pyridine rings is 1. The molecule has 38 heavy (non-hydrogen) atoms. The topological polar surface area (TPSA) is 141 Å². The van der Waals surface area contributed by atoms with E-state index < -0.39 is 0 Å². The maximum Gasteiger partial charge on any atom is 0.277 e. The van der Waals surface area contributed by atoms with Gasteiger partial charge in [0.2, 0.25) is 5.91 Å². The Balaban J connectivity index is 1.28. The Morgan fingerprint density at radius 3 is 2.87 bits per heavy atom. The molecule has 0 fully saturated rings. The van der Waals surface area contributed by atoms with Gasteiger partial charge < -0.3 is 16.4 Å². The number of nitrogens with one attached hydrogen (secondary N) is 2. The SMILES string of the molecule is Cc1nc(C)c([C@@H]2CCc3nc(-c4cncs4)n(CC(=O)NCc4cc5cnc(N)cc5s4)c(=O)c3N2)s1. The minimum absolute atomic E-state index is 0.0174. The summed E-state index contributed by atoms with van der Waals surface area (Å²) in [6, 6.07) is 3.78. The number of carbonyl (C=O) groups is 1. The summed E-state index contributed by atoms with van der Waals surface area (Å²) in [7, 11) is 0. The van der Waals surface area contributed by atoms with E-state index in [0.29, 0.717) is 36.0 Å². The molecule has 6 heterocycles. The van der Waals surface area contributed by atoms with E-state index in [1.165, 1.54) is 15.9 Å². The first-order valence-corrected chi connectivity index (χ1v) is 14.5. The van der Waals surface area contributed by atoms with Gasteiger partial charge in [0, 0.05) is 32.2 Å². The van der Waals surface area contributed by atoms with E-state index in [1.807, 2.05) is 26.0 Å². The first kappa shape index (κ1) is 24.6. The molecule has 0 saturated carbocycles. The number of nitrogen functional groups attached to an aromatic ring is 1. The van der Waals surface area contributed by atoms with E-state index in [1.54, 1.807) is 40.6 Å². The normalized spacial score (nSPS) is 14.8. The molecule has 6 rings (SSSR count). The summed E-state index contributed by atoms with van der Waals surface area (Å²) in [5.41, 5.74) is 9.35. The fourth-order valence-electron chi connectivity index (χ4n) is 4.66. The van der Waals surface area contributed by atoms with Crippen LogP contribution in [0.4, 0.5) is 11.5 Å². The molecule has 0 spiro atoms. The molecule has 194 valence electrons. The van der Waals surface area contributed by atoms with E-state index >= 15 is 0 Å². The van der Waals surface area contributed by atoms with E-state index in [9.17, 15) is 9.59 Å². The molecule has 0 aliphatic carbocycles. The van der Waals surface area contributed by atoms with Crippen LogP contribution in [0, 0.1) is 13.8 Å². The summed E-state index contributed by atoms with van der Waals surface area (Å²) in [4.78, 5) is 47.4. The Kier molecular flexibility index (Phi) is 6.41. The van der Waals surface area contributed by atoms with Crippen molar-refractivity contribution < 1.29 is 4.79 Å². The summed E-state index contributed by atoms with van der Waals surface area (Å²) >= 11 is 4.57. The van der Waals surface area contributed by atoms with Crippen molar-refractivity contribution >= 4 is 61.5 Å². The number of carbonyl (C=O) groups excluding carboxylic acids is 1. The summed E-state index contributed by atoms with van der Waals surface area (Å²) < 4.78 is 2.45. The molecule has 1 amide bonds. The predicted molar refractivity (Wildman–Crippen MR) is 152 cm³/mol. The summed E-state index contributed by atoms with van der Waals surface area (Å²) in [5.74, 6) is 0.636. The van der Waals surface area contributed by atoms with Crippen LogP contribution in [0.15, 0.2) is 34.8 Å². The van der Waals surface area contributed by atoms with Crippen LogP contribution < -0.4 is 21.9 Å². The van der Waals surface area contributed by atoms with Gasteiger partial charge >= 0.3 is 0 Å². The number of aromatic nitrogens is 5. The highest BCUT2D eigenvalue weighted by Gasteiger charge is 2.28. The second kappa shape index (κ2) is 9.89. The fraction of sp³-hybridized carbons (Fsp3) is 0.280. The highest BCUT2D eigenvalue weighted by atomic mass is 32.1. The smallest absolute Gasteiger partial charge is 0.277 e. The number of nitrogens with zero attached hydrogens (tertiary/aromatic N) is 5. The Hall–Kier alpha value is -3.68. The average Bonchev–Trinajstić information content (AvgIpc) is 3.64. The van der Waals surface area contributed by atoms with Crippen LogP contribution in [-0.2, 0) is 24.3 Å². The summed E-state index contributed by atoms with van der Waals surface area (Å²) in [6.07, 6.45) is 4.86. The highest BCUT2D eigenvalue weighted by molar-refractivity contribution is 7.19. The highest BCUT2D eigenvalue weighted by Crippen LogP contribution is 2.35.